The van der Waals surface area contributed by atoms with Crippen molar-refractivity contribution in [1.82, 2.24) is 0 Å². The lowest BCUT2D eigenvalue weighted by atomic mass is 10.1. The van der Waals surface area contributed by atoms with E-state index in [1.165, 1.54) is 19.2 Å². The van der Waals surface area contributed by atoms with Gasteiger partial charge in [0.25, 0.3) is 0 Å². The molecule has 0 unspecified atom stereocenters. The molecule has 4 nitrogen and oxygen atoms in total. The molecule has 0 bridgehead atoms. The molecule has 0 heterocycles. The van der Waals surface area contributed by atoms with Crippen molar-refractivity contribution in [3.05, 3.63) is 56.0 Å². The van der Waals surface area contributed by atoms with Crippen molar-refractivity contribution in [1.29, 1.82) is 0 Å². The van der Waals surface area contributed by atoms with E-state index in [2.05, 4.69) is 15.9 Å². The van der Waals surface area contributed by atoms with E-state index < -0.39 is 5.97 Å². The Morgan fingerprint density at radius 1 is 1.22 bits per heavy atom. The summed E-state index contributed by atoms with van der Waals surface area (Å²) in [4.78, 5) is 11.1. The summed E-state index contributed by atoms with van der Waals surface area (Å²) in [5.74, 6) is -0.266. The Hall–Kier alpha value is -1.43. The van der Waals surface area contributed by atoms with Gasteiger partial charge in [-0.1, -0.05) is 29.3 Å². The zero-order chi connectivity index (χ0) is 17.0. The summed E-state index contributed by atoms with van der Waals surface area (Å²) in [7, 11) is 1.46. The van der Waals surface area contributed by atoms with Crippen molar-refractivity contribution < 1.29 is 19.4 Å². The van der Waals surface area contributed by atoms with Crippen LogP contribution < -0.4 is 9.47 Å². The molecule has 0 spiro atoms. The first-order chi connectivity index (χ1) is 10.9. The van der Waals surface area contributed by atoms with Crippen LogP contribution in [-0.2, 0) is 6.42 Å². The number of carbonyl (C=O) groups is 1. The molecule has 0 aromatic heterocycles. The molecule has 2 aromatic rings. The van der Waals surface area contributed by atoms with Gasteiger partial charge in [-0.25, -0.2) is 4.79 Å². The van der Waals surface area contributed by atoms with Gasteiger partial charge in [0.15, 0.2) is 0 Å². The highest BCUT2D eigenvalue weighted by atomic mass is 79.9. The van der Waals surface area contributed by atoms with Crippen LogP contribution in [0.2, 0.25) is 10.0 Å². The fourth-order valence-corrected chi connectivity index (χ4v) is 2.95. The van der Waals surface area contributed by atoms with Crippen LogP contribution >= 0.6 is 39.1 Å². The van der Waals surface area contributed by atoms with Gasteiger partial charge in [-0.15, -0.1) is 0 Å². The molecule has 23 heavy (non-hydrogen) atoms. The van der Waals surface area contributed by atoms with E-state index in [1.54, 1.807) is 12.1 Å². The largest absolute Gasteiger partial charge is 0.495 e. The van der Waals surface area contributed by atoms with Crippen LogP contribution in [0.1, 0.15) is 15.9 Å². The van der Waals surface area contributed by atoms with E-state index in [-0.39, 0.29) is 5.56 Å². The number of hydrogen-bond donors (Lipinski definition) is 1. The molecule has 0 amide bonds. The molecule has 2 aromatic carbocycles. The number of aromatic carboxylic acids is 1. The lowest BCUT2D eigenvalue weighted by molar-refractivity contribution is 0.0696. The Kier molecular flexibility index (Phi) is 6.16. The molecule has 1 N–H and O–H groups in total. The van der Waals surface area contributed by atoms with Crippen LogP contribution in [0.25, 0.3) is 0 Å². The molecule has 2 rings (SSSR count). The minimum absolute atomic E-state index is 0.0876. The number of carboxylic acid groups (broad SMARTS) is 1. The van der Waals surface area contributed by atoms with Crippen LogP contribution in [-0.4, -0.2) is 24.8 Å². The van der Waals surface area contributed by atoms with Gasteiger partial charge in [-0.3, -0.25) is 0 Å². The van der Waals surface area contributed by atoms with Crippen molar-refractivity contribution in [3.63, 3.8) is 0 Å². The molecule has 7 heteroatoms. The predicted molar refractivity (Wildman–Crippen MR) is 93.3 cm³/mol. The summed E-state index contributed by atoms with van der Waals surface area (Å²) in [5.41, 5.74) is 0.984. The van der Waals surface area contributed by atoms with Crippen molar-refractivity contribution in [2.24, 2.45) is 0 Å². The van der Waals surface area contributed by atoms with Gasteiger partial charge in [0.2, 0.25) is 0 Å². The second kappa shape index (κ2) is 7.90. The summed E-state index contributed by atoms with van der Waals surface area (Å²) in [6, 6.07) is 8.13. The highest BCUT2D eigenvalue weighted by Gasteiger charge is 2.14. The standard InChI is InChI=1S/C16H13BrCl2O4/c1-22-13-6-10(16(20)21)7-14(15(13)17)23-5-4-9-2-3-11(18)8-12(9)19/h2-3,6-8H,4-5H2,1H3,(H,20,21). The van der Waals surface area contributed by atoms with E-state index in [1.807, 2.05) is 6.07 Å². The van der Waals surface area contributed by atoms with Gasteiger partial charge >= 0.3 is 5.97 Å². The fourth-order valence-electron chi connectivity index (χ4n) is 1.94. The SMILES string of the molecule is COc1cc(C(=O)O)cc(OCCc2ccc(Cl)cc2Cl)c1Br. The van der Waals surface area contributed by atoms with Crippen molar-refractivity contribution in [3.8, 4) is 11.5 Å². The molecular formula is C16H13BrCl2O4. The smallest absolute Gasteiger partial charge is 0.335 e. The van der Waals surface area contributed by atoms with E-state index in [0.717, 1.165) is 5.56 Å². The molecule has 122 valence electrons. The number of carboxylic acids is 1. The molecule has 0 atom stereocenters. The van der Waals surface area contributed by atoms with Crippen molar-refractivity contribution in [2.45, 2.75) is 6.42 Å². The number of rotatable bonds is 6. The Morgan fingerprint density at radius 3 is 2.52 bits per heavy atom. The lowest BCUT2D eigenvalue weighted by Gasteiger charge is -2.13. The average Bonchev–Trinajstić information content (AvgIpc) is 2.50. The lowest BCUT2D eigenvalue weighted by Crippen LogP contribution is -2.05. The molecule has 0 fully saturated rings. The molecule has 0 saturated carbocycles. The maximum atomic E-state index is 11.1. The first kappa shape index (κ1) is 17.9. The number of benzene rings is 2. The van der Waals surface area contributed by atoms with Gasteiger partial charge in [0.05, 0.1) is 19.3 Å². The Labute approximate surface area is 152 Å². The van der Waals surface area contributed by atoms with E-state index in [4.69, 9.17) is 37.8 Å². The Bertz CT molecular complexity index is 734. The molecule has 0 radical (unpaired) electrons. The maximum Gasteiger partial charge on any atom is 0.335 e. The number of hydrogen-bond acceptors (Lipinski definition) is 3. The van der Waals surface area contributed by atoms with Crippen molar-refractivity contribution >= 4 is 45.1 Å². The second-order valence-corrected chi connectivity index (χ2v) is 6.27. The third kappa shape index (κ3) is 4.53. The summed E-state index contributed by atoms with van der Waals surface area (Å²) in [6.45, 7) is 0.326. The van der Waals surface area contributed by atoms with Crippen LogP contribution in [0.4, 0.5) is 0 Å². The minimum Gasteiger partial charge on any atom is -0.495 e. The third-order valence-corrected chi connectivity index (χ3v) is 4.49. The van der Waals surface area contributed by atoms with Gasteiger partial charge in [-0.05, 0) is 45.8 Å². The van der Waals surface area contributed by atoms with Gasteiger partial charge in [0, 0.05) is 16.5 Å². The van der Waals surface area contributed by atoms with E-state index in [9.17, 15) is 4.79 Å². The van der Waals surface area contributed by atoms with Crippen LogP contribution in [0.15, 0.2) is 34.8 Å². The summed E-state index contributed by atoms with van der Waals surface area (Å²) in [6.07, 6.45) is 0.558. The Morgan fingerprint density at radius 2 is 1.91 bits per heavy atom. The van der Waals surface area contributed by atoms with Crippen LogP contribution in [0, 0.1) is 0 Å². The molecule has 0 aliphatic rings. The number of ether oxygens (including phenoxy) is 2. The zero-order valence-corrected chi connectivity index (χ0v) is 15.2. The molecule has 0 saturated heterocycles. The third-order valence-electron chi connectivity index (χ3n) is 3.12. The number of methoxy groups -OCH3 is 1. The first-order valence-electron chi connectivity index (χ1n) is 6.60. The molecule has 0 aliphatic carbocycles. The Balaban J connectivity index is 2.13. The predicted octanol–water partition coefficient (Wildman–Crippen LogP) is 5.08. The zero-order valence-electron chi connectivity index (χ0n) is 12.1. The van der Waals surface area contributed by atoms with Crippen LogP contribution in [0.5, 0.6) is 11.5 Å². The maximum absolute atomic E-state index is 11.1. The fraction of sp³-hybridized carbons (Fsp3) is 0.188. The quantitative estimate of drug-likeness (QED) is 0.708. The van der Waals surface area contributed by atoms with Crippen molar-refractivity contribution in [2.75, 3.05) is 13.7 Å². The number of halogens is 3. The minimum atomic E-state index is -1.05. The first-order valence-corrected chi connectivity index (χ1v) is 8.15. The summed E-state index contributed by atoms with van der Waals surface area (Å²) >= 11 is 15.3. The normalized spacial score (nSPS) is 10.4. The summed E-state index contributed by atoms with van der Waals surface area (Å²) < 4.78 is 11.4. The van der Waals surface area contributed by atoms with E-state index in [0.29, 0.717) is 39.0 Å². The van der Waals surface area contributed by atoms with Gasteiger partial charge in [0.1, 0.15) is 16.0 Å². The highest BCUT2D eigenvalue weighted by Crippen LogP contribution is 2.36. The second-order valence-electron chi connectivity index (χ2n) is 4.63. The van der Waals surface area contributed by atoms with Crippen LogP contribution in [0.3, 0.4) is 0 Å². The molecule has 0 aliphatic heterocycles. The van der Waals surface area contributed by atoms with E-state index >= 15 is 0 Å². The monoisotopic (exact) mass is 418 g/mol. The van der Waals surface area contributed by atoms with Gasteiger partial charge < -0.3 is 14.6 Å². The summed E-state index contributed by atoms with van der Waals surface area (Å²) in [5, 5.41) is 10.3. The average molecular weight is 420 g/mol. The van der Waals surface area contributed by atoms with Gasteiger partial charge in [-0.2, -0.15) is 0 Å². The molecular weight excluding hydrogens is 407 g/mol. The topological polar surface area (TPSA) is 55.8 Å². The highest BCUT2D eigenvalue weighted by molar-refractivity contribution is 9.10.